The van der Waals surface area contributed by atoms with Crippen molar-refractivity contribution < 1.29 is 0 Å². The summed E-state index contributed by atoms with van der Waals surface area (Å²) in [7, 11) is 0. The summed E-state index contributed by atoms with van der Waals surface area (Å²) in [6, 6.07) is 64.6. The topological polar surface area (TPSA) is 14.8 Å². The van der Waals surface area contributed by atoms with E-state index in [-0.39, 0.29) is 0 Å². The molecule has 0 fully saturated rings. The van der Waals surface area contributed by atoms with E-state index in [1.807, 2.05) is 11.3 Å². The Hall–Kier alpha value is -6.62. The molecule has 3 nitrogen and oxygen atoms in total. The van der Waals surface area contributed by atoms with Crippen LogP contribution in [0.3, 0.4) is 0 Å². The fourth-order valence-corrected chi connectivity index (χ4v) is 10.2. The maximum Gasteiger partial charge on any atom is 0.0783 e. The Morgan fingerprint density at radius 2 is 0.635 bits per heavy atom. The molecule has 4 heteroatoms. The highest BCUT2D eigenvalue weighted by atomic mass is 32.1. The number of rotatable bonds is 3. The lowest BCUT2D eigenvalue weighted by atomic mass is 10.1. The summed E-state index contributed by atoms with van der Waals surface area (Å²) in [5.41, 5.74) is 10.7. The van der Waals surface area contributed by atoms with Crippen LogP contribution in [-0.4, -0.2) is 13.7 Å². The number of thiophene rings is 1. The quantitative estimate of drug-likeness (QED) is 0.177. The number of para-hydroxylation sites is 6. The smallest absolute Gasteiger partial charge is 0.0783 e. The van der Waals surface area contributed by atoms with Gasteiger partial charge in [0.1, 0.15) is 0 Å². The molecular formula is C48H29N3S. The van der Waals surface area contributed by atoms with Crippen molar-refractivity contribution in [3.8, 4) is 17.1 Å². The van der Waals surface area contributed by atoms with Crippen molar-refractivity contribution in [2.75, 3.05) is 0 Å². The fraction of sp³-hybridized carbons (Fsp3) is 0. The van der Waals surface area contributed by atoms with Gasteiger partial charge in [0.05, 0.1) is 54.9 Å². The van der Waals surface area contributed by atoms with E-state index in [1.165, 1.54) is 91.3 Å². The van der Waals surface area contributed by atoms with Gasteiger partial charge in [0.25, 0.3) is 0 Å². The van der Waals surface area contributed by atoms with Crippen molar-refractivity contribution in [3.05, 3.63) is 176 Å². The normalized spacial score (nSPS) is 12.2. The van der Waals surface area contributed by atoms with Crippen LogP contribution >= 0.6 is 11.3 Å². The van der Waals surface area contributed by atoms with Gasteiger partial charge in [0.2, 0.25) is 0 Å². The first-order valence-corrected chi connectivity index (χ1v) is 18.6. The zero-order chi connectivity index (χ0) is 33.9. The van der Waals surface area contributed by atoms with Gasteiger partial charge < -0.3 is 13.7 Å². The van der Waals surface area contributed by atoms with Gasteiger partial charge in [-0.1, -0.05) is 127 Å². The van der Waals surface area contributed by atoms with Crippen LogP contribution in [0.4, 0.5) is 0 Å². The molecule has 0 aliphatic heterocycles. The first kappa shape index (κ1) is 28.1. The summed E-state index contributed by atoms with van der Waals surface area (Å²) < 4.78 is 10.1. The lowest BCUT2D eigenvalue weighted by molar-refractivity contribution is 1.12. The monoisotopic (exact) mass is 679 g/mol. The van der Waals surface area contributed by atoms with E-state index < -0.39 is 0 Å². The summed E-state index contributed by atoms with van der Waals surface area (Å²) in [5.74, 6) is 0. The van der Waals surface area contributed by atoms with Crippen molar-refractivity contribution in [1.82, 2.24) is 13.7 Å². The molecule has 0 atom stereocenters. The van der Waals surface area contributed by atoms with E-state index in [4.69, 9.17) is 0 Å². The Morgan fingerprint density at radius 1 is 0.269 bits per heavy atom. The van der Waals surface area contributed by atoms with Gasteiger partial charge in [-0.05, 0) is 48.5 Å². The molecule has 4 heterocycles. The molecule has 4 aromatic heterocycles. The second-order valence-corrected chi connectivity index (χ2v) is 14.7. The van der Waals surface area contributed by atoms with Crippen LogP contribution in [0.2, 0.25) is 0 Å². The maximum absolute atomic E-state index is 2.53. The number of nitrogens with zero attached hydrogens (tertiary/aromatic N) is 3. The summed E-state index contributed by atoms with van der Waals surface area (Å²) in [6.07, 6.45) is 0. The van der Waals surface area contributed by atoms with Crippen molar-refractivity contribution in [1.29, 1.82) is 0 Å². The van der Waals surface area contributed by atoms with Gasteiger partial charge in [-0.3, -0.25) is 0 Å². The lowest BCUT2D eigenvalue weighted by Crippen LogP contribution is -2.03. The van der Waals surface area contributed by atoms with Gasteiger partial charge in [0.15, 0.2) is 0 Å². The van der Waals surface area contributed by atoms with E-state index in [2.05, 4.69) is 190 Å². The molecule has 0 unspecified atom stereocenters. The van der Waals surface area contributed by atoms with E-state index in [1.54, 1.807) is 0 Å². The third-order valence-corrected chi connectivity index (χ3v) is 12.2. The molecule has 52 heavy (non-hydrogen) atoms. The lowest BCUT2D eigenvalue weighted by Gasteiger charge is -2.17. The van der Waals surface area contributed by atoms with E-state index in [0.29, 0.717) is 0 Å². The minimum Gasteiger partial charge on any atom is -0.307 e. The average molecular weight is 680 g/mol. The largest absolute Gasteiger partial charge is 0.307 e. The van der Waals surface area contributed by atoms with Crippen molar-refractivity contribution >= 4 is 96.9 Å². The van der Waals surface area contributed by atoms with Crippen LogP contribution in [0, 0.1) is 0 Å². The van der Waals surface area contributed by atoms with Crippen LogP contribution in [0.5, 0.6) is 0 Å². The first-order chi connectivity index (χ1) is 25.8. The zero-order valence-corrected chi connectivity index (χ0v) is 28.8. The Morgan fingerprint density at radius 3 is 1.19 bits per heavy atom. The molecule has 12 aromatic rings. The van der Waals surface area contributed by atoms with Gasteiger partial charge >= 0.3 is 0 Å². The van der Waals surface area contributed by atoms with E-state index in [0.717, 1.165) is 11.4 Å². The number of fused-ring (bicyclic) bond motifs is 12. The van der Waals surface area contributed by atoms with Gasteiger partial charge in [-0.15, -0.1) is 11.3 Å². The molecule has 0 spiro atoms. The molecule has 0 saturated heterocycles. The molecule has 8 aromatic carbocycles. The minimum atomic E-state index is 1.16. The molecule has 0 aliphatic rings. The highest BCUT2D eigenvalue weighted by Gasteiger charge is 2.24. The predicted octanol–water partition coefficient (Wildman–Crippen LogP) is 13.3. The SMILES string of the molecule is c1ccc2c(c1)sc1c(-n3c4ccccc4c4cccc(-n5c6ccccc6c6cccc(-n7c8ccccc8c8ccccc87)c65)c43)cccc12. The Bertz CT molecular complexity index is 3370. The minimum absolute atomic E-state index is 1.16. The van der Waals surface area contributed by atoms with Crippen LogP contribution in [-0.2, 0) is 0 Å². The van der Waals surface area contributed by atoms with Crippen molar-refractivity contribution in [3.63, 3.8) is 0 Å². The average Bonchev–Trinajstić information content (AvgIpc) is 3.95. The van der Waals surface area contributed by atoms with E-state index in [9.17, 15) is 0 Å². The number of hydrogen-bond donors (Lipinski definition) is 0. The molecule has 242 valence electrons. The van der Waals surface area contributed by atoms with Crippen LogP contribution in [0.15, 0.2) is 176 Å². The second-order valence-electron chi connectivity index (χ2n) is 13.7. The molecule has 0 N–H and O–H groups in total. The van der Waals surface area contributed by atoms with Crippen LogP contribution in [0.25, 0.3) is 103 Å². The summed E-state index contributed by atoms with van der Waals surface area (Å²) in [4.78, 5) is 0. The molecule has 0 aliphatic carbocycles. The molecule has 0 amide bonds. The number of hydrogen-bond acceptors (Lipinski definition) is 1. The van der Waals surface area contributed by atoms with E-state index >= 15 is 0 Å². The highest BCUT2D eigenvalue weighted by molar-refractivity contribution is 7.26. The molecule has 0 bridgehead atoms. The maximum atomic E-state index is 2.53. The summed E-state index contributed by atoms with van der Waals surface area (Å²) in [6.45, 7) is 0. The third kappa shape index (κ3) is 3.64. The molecule has 0 saturated carbocycles. The van der Waals surface area contributed by atoms with Gasteiger partial charge in [0, 0.05) is 47.8 Å². The zero-order valence-electron chi connectivity index (χ0n) is 28.0. The molecule has 0 radical (unpaired) electrons. The summed E-state index contributed by atoms with van der Waals surface area (Å²) in [5, 5.41) is 10.1. The van der Waals surface area contributed by atoms with Gasteiger partial charge in [-0.25, -0.2) is 0 Å². The summed E-state index contributed by atoms with van der Waals surface area (Å²) >= 11 is 1.88. The third-order valence-electron chi connectivity index (χ3n) is 11.0. The standard InChI is InChI=1S/C48H29N3S/c1-6-22-38-30(14-1)31-15-2-7-23-39(31)49(38)42-26-11-19-35-32-16-3-8-24-40(32)50(46(35)42)43-27-12-20-36-33-17-4-9-25-41(33)51(47(36)43)44-28-13-21-37-34-18-5-10-29-45(34)52-48(37)44/h1-29H. The van der Waals surface area contributed by atoms with Crippen molar-refractivity contribution in [2.45, 2.75) is 0 Å². The van der Waals surface area contributed by atoms with Crippen LogP contribution in [0.1, 0.15) is 0 Å². The number of benzene rings is 8. The molecular weight excluding hydrogens is 651 g/mol. The number of aromatic nitrogens is 3. The van der Waals surface area contributed by atoms with Crippen LogP contribution < -0.4 is 0 Å². The predicted molar refractivity (Wildman–Crippen MR) is 222 cm³/mol. The Labute approximate surface area is 302 Å². The van der Waals surface area contributed by atoms with Crippen molar-refractivity contribution in [2.24, 2.45) is 0 Å². The highest BCUT2D eigenvalue weighted by Crippen LogP contribution is 2.45. The Kier molecular flexibility index (Phi) is 5.65. The molecule has 12 rings (SSSR count). The van der Waals surface area contributed by atoms with Gasteiger partial charge in [-0.2, -0.15) is 0 Å². The first-order valence-electron chi connectivity index (χ1n) is 17.8. The fourth-order valence-electron chi connectivity index (χ4n) is 8.95. The Balaban J connectivity index is 1.28. The second kappa shape index (κ2) is 10.5.